The third-order valence-corrected chi connectivity index (χ3v) is 3.29. The molecule has 1 saturated carbocycles. The van der Waals surface area contributed by atoms with E-state index in [0.29, 0.717) is 5.92 Å². The molecule has 0 spiro atoms. The molecule has 1 amide bonds. The van der Waals surface area contributed by atoms with E-state index in [9.17, 15) is 4.79 Å². The van der Waals surface area contributed by atoms with Gasteiger partial charge in [-0.2, -0.15) is 0 Å². The molecule has 0 radical (unpaired) electrons. The molecule has 1 aliphatic carbocycles. The summed E-state index contributed by atoms with van der Waals surface area (Å²) in [6, 6.07) is 0. The molecular formula is C11H22N2O. The van der Waals surface area contributed by atoms with Gasteiger partial charge in [0.1, 0.15) is 0 Å². The van der Waals surface area contributed by atoms with Crippen molar-refractivity contribution in [2.45, 2.75) is 46.1 Å². The summed E-state index contributed by atoms with van der Waals surface area (Å²) in [6.45, 7) is 9.41. The van der Waals surface area contributed by atoms with E-state index in [-0.39, 0.29) is 11.3 Å². The molecule has 1 fully saturated rings. The van der Waals surface area contributed by atoms with Crippen molar-refractivity contribution in [3.63, 3.8) is 0 Å². The molecule has 82 valence electrons. The van der Waals surface area contributed by atoms with Crippen LogP contribution in [0.15, 0.2) is 0 Å². The Bertz CT molecular complexity index is 226. The Hall–Kier alpha value is -0.570. The van der Waals surface area contributed by atoms with Gasteiger partial charge in [0.05, 0.1) is 5.54 Å². The standard InChI is InChI=1S/C11H22N2O/c1-8(10(2,3)4)7-13-9(14)11(12)5-6-11/h8H,5-7,12H2,1-4H3,(H,13,14). The van der Waals surface area contributed by atoms with E-state index in [1.54, 1.807) is 0 Å². The number of carbonyl (C=O) groups excluding carboxylic acids is 1. The van der Waals surface area contributed by atoms with Crippen molar-refractivity contribution >= 4 is 5.91 Å². The van der Waals surface area contributed by atoms with Gasteiger partial charge in [-0.1, -0.05) is 27.7 Å². The fourth-order valence-electron chi connectivity index (χ4n) is 1.09. The highest BCUT2D eigenvalue weighted by Crippen LogP contribution is 2.32. The molecule has 0 aliphatic heterocycles. The van der Waals surface area contributed by atoms with E-state index in [4.69, 9.17) is 5.73 Å². The molecule has 0 bridgehead atoms. The highest BCUT2D eigenvalue weighted by Gasteiger charge is 2.45. The van der Waals surface area contributed by atoms with Crippen LogP contribution < -0.4 is 11.1 Å². The van der Waals surface area contributed by atoms with Crippen molar-refractivity contribution in [2.24, 2.45) is 17.1 Å². The minimum atomic E-state index is -0.530. The molecule has 3 nitrogen and oxygen atoms in total. The average Bonchev–Trinajstić information content (AvgIpc) is 2.78. The number of hydrogen-bond donors (Lipinski definition) is 2. The Morgan fingerprint density at radius 1 is 1.50 bits per heavy atom. The SMILES string of the molecule is CC(CNC(=O)C1(N)CC1)C(C)(C)C. The van der Waals surface area contributed by atoms with E-state index in [1.165, 1.54) is 0 Å². The minimum Gasteiger partial charge on any atom is -0.354 e. The third-order valence-electron chi connectivity index (χ3n) is 3.29. The maximum absolute atomic E-state index is 11.5. The zero-order valence-electron chi connectivity index (χ0n) is 9.68. The van der Waals surface area contributed by atoms with Crippen LogP contribution in [0.4, 0.5) is 0 Å². The first kappa shape index (κ1) is 11.5. The smallest absolute Gasteiger partial charge is 0.240 e. The first-order valence-electron chi connectivity index (χ1n) is 5.33. The normalized spacial score (nSPS) is 21.5. The largest absolute Gasteiger partial charge is 0.354 e. The zero-order chi connectivity index (χ0) is 11.0. The molecule has 3 heteroatoms. The molecule has 0 aromatic heterocycles. The van der Waals surface area contributed by atoms with Crippen molar-refractivity contribution in [1.82, 2.24) is 5.32 Å². The topological polar surface area (TPSA) is 55.1 Å². The van der Waals surface area contributed by atoms with Gasteiger partial charge in [-0.3, -0.25) is 4.79 Å². The van der Waals surface area contributed by atoms with Gasteiger partial charge in [-0.25, -0.2) is 0 Å². The first-order chi connectivity index (χ1) is 6.26. The molecule has 0 aromatic carbocycles. The summed E-state index contributed by atoms with van der Waals surface area (Å²) in [7, 11) is 0. The van der Waals surface area contributed by atoms with Crippen LogP contribution in [0.1, 0.15) is 40.5 Å². The Morgan fingerprint density at radius 2 is 2.00 bits per heavy atom. The van der Waals surface area contributed by atoms with Gasteiger partial charge < -0.3 is 11.1 Å². The van der Waals surface area contributed by atoms with E-state index < -0.39 is 5.54 Å². The highest BCUT2D eigenvalue weighted by atomic mass is 16.2. The predicted octanol–water partition coefficient (Wildman–Crippen LogP) is 1.28. The van der Waals surface area contributed by atoms with Crippen molar-refractivity contribution < 1.29 is 4.79 Å². The van der Waals surface area contributed by atoms with Crippen LogP contribution in [-0.4, -0.2) is 18.0 Å². The van der Waals surface area contributed by atoms with Crippen molar-refractivity contribution in [2.75, 3.05) is 6.54 Å². The number of nitrogens with two attached hydrogens (primary N) is 1. The van der Waals surface area contributed by atoms with E-state index >= 15 is 0 Å². The van der Waals surface area contributed by atoms with Crippen molar-refractivity contribution in [3.05, 3.63) is 0 Å². The summed E-state index contributed by atoms with van der Waals surface area (Å²) < 4.78 is 0. The summed E-state index contributed by atoms with van der Waals surface area (Å²) >= 11 is 0. The molecule has 1 unspecified atom stereocenters. The number of carbonyl (C=O) groups is 1. The van der Waals surface area contributed by atoms with Crippen LogP contribution in [0.2, 0.25) is 0 Å². The molecule has 0 aromatic rings. The lowest BCUT2D eigenvalue weighted by Gasteiger charge is -2.27. The van der Waals surface area contributed by atoms with Gasteiger partial charge in [0.2, 0.25) is 5.91 Å². The summed E-state index contributed by atoms with van der Waals surface area (Å²) in [5.41, 5.74) is 5.48. The number of rotatable bonds is 3. The van der Waals surface area contributed by atoms with Gasteiger partial charge in [0.15, 0.2) is 0 Å². The molecule has 1 atom stereocenters. The Kier molecular flexibility index (Phi) is 2.91. The lowest BCUT2D eigenvalue weighted by atomic mass is 9.82. The Labute approximate surface area is 86.4 Å². The van der Waals surface area contributed by atoms with E-state index in [0.717, 1.165) is 19.4 Å². The van der Waals surface area contributed by atoms with Gasteiger partial charge >= 0.3 is 0 Å². The van der Waals surface area contributed by atoms with E-state index in [1.807, 2.05) is 0 Å². The number of hydrogen-bond acceptors (Lipinski definition) is 2. The number of amides is 1. The van der Waals surface area contributed by atoms with E-state index in [2.05, 4.69) is 33.0 Å². The predicted molar refractivity (Wildman–Crippen MR) is 57.8 cm³/mol. The van der Waals surface area contributed by atoms with Gasteiger partial charge in [-0.05, 0) is 24.2 Å². The van der Waals surface area contributed by atoms with Gasteiger partial charge in [0.25, 0.3) is 0 Å². The lowest BCUT2D eigenvalue weighted by Crippen LogP contribution is -2.45. The molecule has 1 aliphatic rings. The maximum Gasteiger partial charge on any atom is 0.240 e. The van der Waals surface area contributed by atoms with Crippen LogP contribution >= 0.6 is 0 Å². The van der Waals surface area contributed by atoms with Crippen molar-refractivity contribution in [1.29, 1.82) is 0 Å². The minimum absolute atomic E-state index is 0.0219. The second-order valence-corrected chi connectivity index (χ2v) is 5.63. The third kappa shape index (κ3) is 2.71. The molecule has 3 N–H and O–H groups in total. The van der Waals surface area contributed by atoms with Crippen molar-refractivity contribution in [3.8, 4) is 0 Å². The monoisotopic (exact) mass is 198 g/mol. The summed E-state index contributed by atoms with van der Waals surface area (Å²) in [5, 5.41) is 2.93. The van der Waals surface area contributed by atoms with Crippen LogP contribution in [0.25, 0.3) is 0 Å². The fourth-order valence-corrected chi connectivity index (χ4v) is 1.09. The van der Waals surface area contributed by atoms with Gasteiger partial charge in [0, 0.05) is 6.54 Å². The molecule has 0 saturated heterocycles. The Balaban J connectivity index is 2.30. The molecular weight excluding hydrogens is 176 g/mol. The van der Waals surface area contributed by atoms with Crippen LogP contribution in [0.3, 0.4) is 0 Å². The molecule has 14 heavy (non-hydrogen) atoms. The highest BCUT2D eigenvalue weighted by molar-refractivity contribution is 5.88. The molecule has 1 rings (SSSR count). The van der Waals surface area contributed by atoms with Crippen LogP contribution in [0.5, 0.6) is 0 Å². The summed E-state index contributed by atoms with van der Waals surface area (Å²) in [4.78, 5) is 11.5. The zero-order valence-corrected chi connectivity index (χ0v) is 9.68. The van der Waals surface area contributed by atoms with Crippen LogP contribution in [-0.2, 0) is 4.79 Å². The Morgan fingerprint density at radius 3 is 2.36 bits per heavy atom. The van der Waals surface area contributed by atoms with Crippen LogP contribution in [0, 0.1) is 11.3 Å². The number of nitrogens with one attached hydrogen (secondary N) is 1. The molecule has 0 heterocycles. The lowest BCUT2D eigenvalue weighted by molar-refractivity contribution is -0.123. The van der Waals surface area contributed by atoms with Gasteiger partial charge in [-0.15, -0.1) is 0 Å². The second kappa shape index (κ2) is 3.54. The second-order valence-electron chi connectivity index (χ2n) is 5.63. The summed E-state index contributed by atoms with van der Waals surface area (Å²) in [6.07, 6.45) is 1.67. The maximum atomic E-state index is 11.5. The summed E-state index contributed by atoms with van der Waals surface area (Å²) in [5.74, 6) is 0.488. The quantitative estimate of drug-likeness (QED) is 0.717. The fraction of sp³-hybridized carbons (Fsp3) is 0.909. The first-order valence-corrected chi connectivity index (χ1v) is 5.33. The average molecular weight is 198 g/mol.